The fourth-order valence-corrected chi connectivity index (χ4v) is 1.73. The maximum absolute atomic E-state index is 12.2. The predicted octanol–water partition coefficient (Wildman–Crippen LogP) is 1.56. The number of primary amides is 1. The monoisotopic (exact) mass is 283 g/mol. The first-order chi connectivity index (χ1) is 10.1. The summed E-state index contributed by atoms with van der Waals surface area (Å²) in [6, 6.07) is 14.8. The van der Waals surface area contributed by atoms with Gasteiger partial charge in [-0.25, -0.2) is 4.79 Å². The number of amides is 1. The van der Waals surface area contributed by atoms with Gasteiger partial charge in [0, 0.05) is 11.1 Å². The average Bonchev–Trinajstić information content (AvgIpc) is 2.53. The highest BCUT2D eigenvalue weighted by Gasteiger charge is 2.12. The third-order valence-electron chi connectivity index (χ3n) is 2.76. The molecule has 0 unspecified atom stereocenters. The van der Waals surface area contributed by atoms with E-state index in [-0.39, 0.29) is 11.3 Å². The zero-order valence-corrected chi connectivity index (χ0v) is 11.1. The molecular weight excluding hydrogens is 270 g/mol. The summed E-state index contributed by atoms with van der Waals surface area (Å²) in [5.74, 6) is -1.51. The Bertz CT molecular complexity index is 662. The molecule has 0 heterocycles. The van der Waals surface area contributed by atoms with Crippen molar-refractivity contribution in [1.82, 2.24) is 0 Å². The number of ketones is 1. The SMILES string of the molecule is NC(=O)COC(=O)c1ccc(C(=O)c2ccccc2)cc1. The lowest BCUT2D eigenvalue weighted by molar-refractivity contribution is -0.121. The largest absolute Gasteiger partial charge is 0.452 e. The van der Waals surface area contributed by atoms with E-state index in [1.54, 1.807) is 24.3 Å². The van der Waals surface area contributed by atoms with Gasteiger partial charge in [0.2, 0.25) is 0 Å². The summed E-state index contributed by atoms with van der Waals surface area (Å²) in [7, 11) is 0. The van der Waals surface area contributed by atoms with Crippen molar-refractivity contribution in [2.45, 2.75) is 0 Å². The van der Waals surface area contributed by atoms with E-state index in [9.17, 15) is 14.4 Å². The molecule has 0 aliphatic carbocycles. The van der Waals surface area contributed by atoms with Crippen molar-refractivity contribution < 1.29 is 19.1 Å². The van der Waals surface area contributed by atoms with Gasteiger partial charge in [-0.15, -0.1) is 0 Å². The summed E-state index contributed by atoms with van der Waals surface area (Å²) < 4.78 is 4.68. The molecule has 106 valence electrons. The van der Waals surface area contributed by atoms with Crippen LogP contribution in [0.3, 0.4) is 0 Å². The first-order valence-corrected chi connectivity index (χ1v) is 6.23. The number of carbonyl (C=O) groups is 3. The Morgan fingerprint density at radius 3 is 1.90 bits per heavy atom. The summed E-state index contributed by atoms with van der Waals surface area (Å²) >= 11 is 0. The molecule has 0 aliphatic heterocycles. The van der Waals surface area contributed by atoms with Crippen molar-refractivity contribution in [1.29, 1.82) is 0 Å². The molecule has 0 aliphatic rings. The van der Waals surface area contributed by atoms with E-state index >= 15 is 0 Å². The van der Waals surface area contributed by atoms with Crippen LogP contribution in [0.1, 0.15) is 26.3 Å². The summed E-state index contributed by atoms with van der Waals surface area (Å²) in [6.45, 7) is -0.469. The molecule has 5 nitrogen and oxygen atoms in total. The first-order valence-electron chi connectivity index (χ1n) is 6.23. The molecule has 0 spiro atoms. The van der Waals surface area contributed by atoms with Crippen LogP contribution in [-0.4, -0.2) is 24.3 Å². The molecule has 0 saturated carbocycles. The zero-order chi connectivity index (χ0) is 15.2. The van der Waals surface area contributed by atoms with E-state index in [0.717, 1.165) is 0 Å². The minimum Gasteiger partial charge on any atom is -0.452 e. The van der Waals surface area contributed by atoms with Crippen LogP contribution < -0.4 is 5.73 Å². The van der Waals surface area contributed by atoms with Crippen LogP contribution >= 0.6 is 0 Å². The summed E-state index contributed by atoms with van der Waals surface area (Å²) in [6.07, 6.45) is 0. The van der Waals surface area contributed by atoms with Crippen molar-refractivity contribution >= 4 is 17.7 Å². The molecule has 2 aromatic rings. The molecule has 0 aromatic heterocycles. The van der Waals surface area contributed by atoms with Gasteiger partial charge in [0.15, 0.2) is 12.4 Å². The number of ether oxygens (including phenoxy) is 1. The van der Waals surface area contributed by atoms with Crippen LogP contribution in [0.2, 0.25) is 0 Å². The number of rotatable bonds is 5. The van der Waals surface area contributed by atoms with Gasteiger partial charge in [-0.2, -0.15) is 0 Å². The average molecular weight is 283 g/mol. The lowest BCUT2D eigenvalue weighted by Gasteiger charge is -2.04. The van der Waals surface area contributed by atoms with Crippen molar-refractivity contribution in [2.24, 2.45) is 5.73 Å². The molecule has 1 amide bonds. The van der Waals surface area contributed by atoms with Gasteiger partial charge in [-0.3, -0.25) is 9.59 Å². The van der Waals surface area contributed by atoms with Gasteiger partial charge in [-0.1, -0.05) is 42.5 Å². The zero-order valence-electron chi connectivity index (χ0n) is 11.1. The van der Waals surface area contributed by atoms with E-state index in [1.165, 1.54) is 24.3 Å². The number of benzene rings is 2. The van der Waals surface area contributed by atoms with Gasteiger partial charge in [0.1, 0.15) is 0 Å². The number of hydrogen-bond acceptors (Lipinski definition) is 4. The van der Waals surface area contributed by atoms with E-state index in [1.807, 2.05) is 6.07 Å². The van der Waals surface area contributed by atoms with Crippen molar-refractivity contribution in [3.8, 4) is 0 Å². The van der Waals surface area contributed by atoms with Gasteiger partial charge in [-0.05, 0) is 12.1 Å². The van der Waals surface area contributed by atoms with Crippen LogP contribution in [0, 0.1) is 0 Å². The van der Waals surface area contributed by atoms with Gasteiger partial charge in [0.05, 0.1) is 5.56 Å². The Balaban J connectivity index is 2.10. The van der Waals surface area contributed by atoms with E-state index < -0.39 is 18.5 Å². The second kappa shape index (κ2) is 6.47. The lowest BCUT2D eigenvalue weighted by Crippen LogP contribution is -2.20. The minimum atomic E-state index is -0.723. The smallest absolute Gasteiger partial charge is 0.338 e. The molecule has 2 aromatic carbocycles. The molecule has 0 radical (unpaired) electrons. The number of hydrogen-bond donors (Lipinski definition) is 1. The third kappa shape index (κ3) is 3.76. The maximum Gasteiger partial charge on any atom is 0.338 e. The Kier molecular flexibility index (Phi) is 4.46. The van der Waals surface area contributed by atoms with Gasteiger partial charge >= 0.3 is 5.97 Å². The first kappa shape index (κ1) is 14.5. The van der Waals surface area contributed by atoms with E-state index in [2.05, 4.69) is 4.74 Å². The second-order valence-electron chi connectivity index (χ2n) is 4.31. The molecule has 2 N–H and O–H groups in total. The Morgan fingerprint density at radius 1 is 0.810 bits per heavy atom. The van der Waals surface area contributed by atoms with Crippen LogP contribution in [-0.2, 0) is 9.53 Å². The van der Waals surface area contributed by atoms with Crippen molar-refractivity contribution in [3.63, 3.8) is 0 Å². The normalized spacial score (nSPS) is 9.90. The molecule has 2 rings (SSSR count). The molecular formula is C16H13NO4. The van der Waals surface area contributed by atoms with E-state index in [0.29, 0.717) is 11.1 Å². The van der Waals surface area contributed by atoms with Crippen LogP contribution in [0.5, 0.6) is 0 Å². The third-order valence-corrected chi connectivity index (χ3v) is 2.76. The number of esters is 1. The van der Waals surface area contributed by atoms with Gasteiger partial charge in [0.25, 0.3) is 5.91 Å². The van der Waals surface area contributed by atoms with Crippen LogP contribution in [0.25, 0.3) is 0 Å². The minimum absolute atomic E-state index is 0.132. The lowest BCUT2D eigenvalue weighted by atomic mass is 10.0. The molecule has 21 heavy (non-hydrogen) atoms. The van der Waals surface area contributed by atoms with Crippen molar-refractivity contribution in [3.05, 3.63) is 71.3 Å². The summed E-state index contributed by atoms with van der Waals surface area (Å²) in [4.78, 5) is 34.3. The Labute approximate surface area is 121 Å². The molecule has 0 bridgehead atoms. The van der Waals surface area contributed by atoms with Gasteiger partial charge < -0.3 is 10.5 Å². The number of nitrogens with two attached hydrogens (primary N) is 1. The second-order valence-corrected chi connectivity index (χ2v) is 4.31. The standard InChI is InChI=1S/C16H13NO4/c17-14(18)10-21-16(20)13-8-6-12(7-9-13)15(19)11-4-2-1-3-5-11/h1-9H,10H2,(H2,17,18). The molecule has 0 fully saturated rings. The highest BCUT2D eigenvalue weighted by molar-refractivity contribution is 6.09. The summed E-state index contributed by atoms with van der Waals surface area (Å²) in [5.41, 5.74) is 6.17. The molecule has 0 saturated heterocycles. The fourth-order valence-electron chi connectivity index (χ4n) is 1.73. The Hall–Kier alpha value is -2.95. The summed E-state index contributed by atoms with van der Waals surface area (Å²) in [5, 5.41) is 0. The topological polar surface area (TPSA) is 86.5 Å². The maximum atomic E-state index is 12.2. The van der Waals surface area contributed by atoms with E-state index in [4.69, 9.17) is 5.73 Å². The quantitative estimate of drug-likeness (QED) is 0.666. The highest BCUT2D eigenvalue weighted by atomic mass is 16.5. The van der Waals surface area contributed by atoms with Crippen LogP contribution in [0.4, 0.5) is 0 Å². The highest BCUT2D eigenvalue weighted by Crippen LogP contribution is 2.11. The number of carbonyl (C=O) groups excluding carboxylic acids is 3. The fraction of sp³-hybridized carbons (Fsp3) is 0.0625. The van der Waals surface area contributed by atoms with Crippen molar-refractivity contribution in [2.75, 3.05) is 6.61 Å². The van der Waals surface area contributed by atoms with Crippen LogP contribution in [0.15, 0.2) is 54.6 Å². The molecule has 0 atom stereocenters. The Morgan fingerprint density at radius 2 is 1.33 bits per heavy atom. The molecule has 5 heteroatoms. The predicted molar refractivity (Wildman–Crippen MR) is 75.8 cm³/mol.